The summed E-state index contributed by atoms with van der Waals surface area (Å²) in [5.74, 6) is -1.03. The van der Waals surface area contributed by atoms with E-state index < -0.39 is 11.9 Å². The predicted molar refractivity (Wildman–Crippen MR) is 109 cm³/mol. The molecule has 0 bridgehead atoms. The molecule has 3 aromatic carbocycles. The van der Waals surface area contributed by atoms with Gasteiger partial charge in [-0.3, -0.25) is 14.5 Å². The van der Waals surface area contributed by atoms with Crippen molar-refractivity contribution < 1.29 is 19.1 Å². The van der Waals surface area contributed by atoms with Crippen molar-refractivity contribution in [1.29, 1.82) is 0 Å². The highest BCUT2D eigenvalue weighted by molar-refractivity contribution is 6.26. The fraction of sp³-hybridized carbons (Fsp3) is 0.0909. The zero-order valence-corrected chi connectivity index (χ0v) is 15.6. The van der Waals surface area contributed by atoms with Crippen molar-refractivity contribution in [3.05, 3.63) is 77.4 Å². The number of amides is 2. The van der Waals surface area contributed by atoms with Gasteiger partial charge in [0.15, 0.2) is 0 Å². The second-order valence-electron chi connectivity index (χ2n) is 6.48. The van der Waals surface area contributed by atoms with E-state index >= 15 is 0 Å². The summed E-state index contributed by atoms with van der Waals surface area (Å²) in [5, 5.41) is 5.75. The largest absolute Gasteiger partial charge is 0.465 e. The Bertz CT molecular complexity index is 1150. The van der Waals surface area contributed by atoms with Crippen LogP contribution < -0.4 is 10.3 Å². The molecule has 0 aromatic heterocycles. The molecule has 144 valence electrons. The van der Waals surface area contributed by atoms with Crippen molar-refractivity contribution in [3.8, 4) is 0 Å². The molecule has 0 unspecified atom stereocenters. The monoisotopic (exact) mass is 387 g/mol. The topological polar surface area (TPSA) is 88.1 Å². The Hall–Kier alpha value is -4.00. The number of hydrazone groups is 1. The van der Waals surface area contributed by atoms with Gasteiger partial charge in [0.05, 0.1) is 24.6 Å². The highest BCUT2D eigenvalue weighted by atomic mass is 16.5. The quantitative estimate of drug-likeness (QED) is 0.414. The Balaban J connectivity index is 1.42. The molecule has 0 saturated carbocycles. The molecule has 1 heterocycles. The number of carbonyl (C=O) groups excluding carboxylic acids is 3. The van der Waals surface area contributed by atoms with Crippen LogP contribution in [0.2, 0.25) is 0 Å². The standard InChI is InChI=1S/C22H17N3O4/c1-29-22(28)16-10-8-14(9-11-16)12-23-24-19(26)13-25-18-7-3-5-15-4-2-6-17(20(15)18)21(25)27/h2-12H,13H2,1H3,(H,24,26)/b23-12+. The number of nitrogens with one attached hydrogen (secondary N) is 1. The molecule has 29 heavy (non-hydrogen) atoms. The Morgan fingerprint density at radius 3 is 2.52 bits per heavy atom. The summed E-state index contributed by atoms with van der Waals surface area (Å²) in [5.41, 5.74) is 4.88. The van der Waals surface area contributed by atoms with E-state index in [4.69, 9.17) is 0 Å². The summed E-state index contributed by atoms with van der Waals surface area (Å²) < 4.78 is 4.64. The van der Waals surface area contributed by atoms with Crippen molar-refractivity contribution in [2.45, 2.75) is 0 Å². The van der Waals surface area contributed by atoms with E-state index in [-0.39, 0.29) is 12.5 Å². The molecule has 2 amide bonds. The lowest BCUT2D eigenvalue weighted by Gasteiger charge is -2.16. The number of rotatable bonds is 5. The molecule has 1 N–H and O–H groups in total. The first kappa shape index (κ1) is 18.4. The van der Waals surface area contributed by atoms with Gasteiger partial charge in [-0.05, 0) is 35.2 Å². The van der Waals surface area contributed by atoms with Gasteiger partial charge in [0, 0.05) is 10.9 Å². The first-order chi connectivity index (χ1) is 14.1. The summed E-state index contributed by atoms with van der Waals surface area (Å²) in [6.45, 7) is -0.134. The maximum Gasteiger partial charge on any atom is 0.337 e. The predicted octanol–water partition coefficient (Wildman–Crippen LogP) is 2.74. The average molecular weight is 387 g/mol. The number of anilines is 1. The number of ether oxygens (including phenoxy) is 1. The second kappa shape index (κ2) is 7.55. The van der Waals surface area contributed by atoms with Crippen molar-refractivity contribution >= 4 is 40.5 Å². The summed E-state index contributed by atoms with van der Waals surface area (Å²) >= 11 is 0. The van der Waals surface area contributed by atoms with Crippen LogP contribution >= 0.6 is 0 Å². The molecule has 1 aliphatic rings. The highest BCUT2D eigenvalue weighted by Gasteiger charge is 2.30. The van der Waals surface area contributed by atoms with Gasteiger partial charge < -0.3 is 4.74 Å². The molecule has 3 aromatic rings. The third kappa shape index (κ3) is 3.45. The van der Waals surface area contributed by atoms with Crippen LogP contribution in [0.25, 0.3) is 10.8 Å². The van der Waals surface area contributed by atoms with Crippen LogP contribution in [-0.4, -0.2) is 37.7 Å². The molecule has 0 saturated heterocycles. The van der Waals surface area contributed by atoms with Crippen LogP contribution in [-0.2, 0) is 9.53 Å². The maximum atomic E-state index is 12.7. The van der Waals surface area contributed by atoms with Gasteiger partial charge in [-0.2, -0.15) is 5.10 Å². The number of methoxy groups -OCH3 is 1. The Kier molecular flexibility index (Phi) is 4.78. The second-order valence-corrected chi connectivity index (χ2v) is 6.48. The number of nitrogens with zero attached hydrogens (tertiary/aromatic N) is 2. The zero-order valence-electron chi connectivity index (χ0n) is 15.6. The summed E-state index contributed by atoms with van der Waals surface area (Å²) in [6, 6.07) is 17.8. The van der Waals surface area contributed by atoms with Crippen molar-refractivity contribution in [2.75, 3.05) is 18.6 Å². The maximum absolute atomic E-state index is 12.7. The SMILES string of the molecule is COC(=O)c1ccc(/C=N/NC(=O)CN2C(=O)c3cccc4cccc2c34)cc1. The Morgan fingerprint density at radius 2 is 1.79 bits per heavy atom. The van der Waals surface area contributed by atoms with E-state index in [1.807, 2.05) is 30.3 Å². The van der Waals surface area contributed by atoms with Crippen LogP contribution in [0.3, 0.4) is 0 Å². The Labute approximate surface area is 166 Å². The Morgan fingerprint density at radius 1 is 1.07 bits per heavy atom. The smallest absolute Gasteiger partial charge is 0.337 e. The van der Waals surface area contributed by atoms with Gasteiger partial charge in [0.2, 0.25) is 0 Å². The van der Waals surface area contributed by atoms with Crippen LogP contribution in [0.5, 0.6) is 0 Å². The first-order valence-corrected chi connectivity index (χ1v) is 8.92. The number of esters is 1. The van der Waals surface area contributed by atoms with Crippen LogP contribution in [0.4, 0.5) is 5.69 Å². The summed E-state index contributed by atoms with van der Waals surface area (Å²) in [7, 11) is 1.32. The van der Waals surface area contributed by atoms with Crippen LogP contribution in [0.1, 0.15) is 26.3 Å². The van der Waals surface area contributed by atoms with Crippen molar-refractivity contribution in [3.63, 3.8) is 0 Å². The van der Waals surface area contributed by atoms with E-state index in [0.29, 0.717) is 16.7 Å². The van der Waals surface area contributed by atoms with Gasteiger partial charge in [-0.25, -0.2) is 10.2 Å². The lowest BCUT2D eigenvalue weighted by atomic mass is 10.1. The molecule has 0 radical (unpaired) electrons. The number of hydrogen-bond donors (Lipinski definition) is 1. The average Bonchev–Trinajstić information content (AvgIpc) is 3.02. The number of hydrogen-bond acceptors (Lipinski definition) is 5. The van der Waals surface area contributed by atoms with Gasteiger partial charge in [-0.15, -0.1) is 0 Å². The van der Waals surface area contributed by atoms with Crippen LogP contribution in [0, 0.1) is 0 Å². The highest BCUT2D eigenvalue weighted by Crippen LogP contribution is 2.36. The molecule has 4 rings (SSSR count). The lowest BCUT2D eigenvalue weighted by molar-refractivity contribution is -0.119. The molecule has 7 nitrogen and oxygen atoms in total. The fourth-order valence-corrected chi connectivity index (χ4v) is 3.32. The molecule has 0 fully saturated rings. The van der Waals surface area contributed by atoms with E-state index in [9.17, 15) is 14.4 Å². The zero-order chi connectivity index (χ0) is 20.4. The first-order valence-electron chi connectivity index (χ1n) is 8.92. The molecule has 0 atom stereocenters. The molecule has 0 spiro atoms. The van der Waals surface area contributed by atoms with E-state index in [1.54, 1.807) is 30.3 Å². The fourth-order valence-electron chi connectivity index (χ4n) is 3.32. The minimum atomic E-state index is -0.423. The van der Waals surface area contributed by atoms with Gasteiger partial charge in [0.25, 0.3) is 11.8 Å². The third-order valence-electron chi connectivity index (χ3n) is 4.69. The normalized spacial score (nSPS) is 12.6. The molecular formula is C22H17N3O4. The van der Waals surface area contributed by atoms with Gasteiger partial charge >= 0.3 is 5.97 Å². The molecule has 1 aliphatic heterocycles. The van der Waals surface area contributed by atoms with Crippen LogP contribution in [0.15, 0.2) is 65.8 Å². The summed E-state index contributed by atoms with van der Waals surface area (Å²) in [6.07, 6.45) is 1.46. The molecule has 0 aliphatic carbocycles. The van der Waals surface area contributed by atoms with Crippen molar-refractivity contribution in [2.24, 2.45) is 5.10 Å². The van der Waals surface area contributed by atoms with Gasteiger partial charge in [0.1, 0.15) is 6.54 Å². The number of carbonyl (C=O) groups is 3. The number of benzene rings is 3. The van der Waals surface area contributed by atoms with E-state index in [2.05, 4.69) is 15.3 Å². The minimum Gasteiger partial charge on any atom is -0.465 e. The molecule has 7 heteroatoms. The third-order valence-corrected chi connectivity index (χ3v) is 4.69. The lowest BCUT2D eigenvalue weighted by Crippen LogP contribution is -2.37. The summed E-state index contributed by atoms with van der Waals surface area (Å²) in [4.78, 5) is 37.9. The minimum absolute atomic E-state index is 0.134. The van der Waals surface area contributed by atoms with Crippen molar-refractivity contribution in [1.82, 2.24) is 5.43 Å². The van der Waals surface area contributed by atoms with E-state index in [1.165, 1.54) is 18.2 Å². The van der Waals surface area contributed by atoms with E-state index in [0.717, 1.165) is 16.5 Å². The molecular weight excluding hydrogens is 370 g/mol. The van der Waals surface area contributed by atoms with Gasteiger partial charge in [-0.1, -0.05) is 36.4 Å².